The molecule has 2 heterocycles. The maximum absolute atomic E-state index is 10.6. The van der Waals surface area contributed by atoms with Gasteiger partial charge in [0.05, 0.1) is 10.7 Å². The fraction of sp³-hybridized carbons (Fsp3) is 0.474. The summed E-state index contributed by atoms with van der Waals surface area (Å²) < 4.78 is 37.8. The number of piperidine rings is 1. The van der Waals surface area contributed by atoms with Gasteiger partial charge in [0.2, 0.25) is 0 Å². The van der Waals surface area contributed by atoms with Gasteiger partial charge >= 0.3 is 12.1 Å². The first-order valence-corrected chi connectivity index (χ1v) is 10.2. The van der Waals surface area contributed by atoms with E-state index in [9.17, 15) is 13.2 Å². The Labute approximate surface area is 176 Å². The summed E-state index contributed by atoms with van der Waals surface area (Å²) in [4.78, 5) is 15.9. The summed E-state index contributed by atoms with van der Waals surface area (Å²) in [5.74, 6) is -1.84. The van der Waals surface area contributed by atoms with Gasteiger partial charge in [-0.3, -0.25) is 0 Å². The van der Waals surface area contributed by atoms with E-state index >= 15 is 0 Å². The van der Waals surface area contributed by atoms with Crippen LogP contribution in [0, 0.1) is 6.92 Å². The second kappa shape index (κ2) is 10.8. The van der Waals surface area contributed by atoms with E-state index in [1.807, 2.05) is 24.3 Å². The van der Waals surface area contributed by atoms with Crippen LogP contribution in [0.3, 0.4) is 0 Å². The Morgan fingerprint density at radius 2 is 1.90 bits per heavy atom. The summed E-state index contributed by atoms with van der Waals surface area (Å²) in [6.45, 7) is 5.35. The van der Waals surface area contributed by atoms with Crippen LogP contribution in [0.1, 0.15) is 23.5 Å². The Hall–Kier alpha value is -1.84. The van der Waals surface area contributed by atoms with Crippen LogP contribution in [0.4, 0.5) is 13.2 Å². The van der Waals surface area contributed by atoms with E-state index in [2.05, 4.69) is 22.2 Å². The molecule has 0 unspecified atom stereocenters. The molecule has 3 rings (SSSR count). The first-order valence-electron chi connectivity index (χ1n) is 8.99. The summed E-state index contributed by atoms with van der Waals surface area (Å²) in [5.41, 5.74) is 1.22. The highest BCUT2D eigenvalue weighted by Gasteiger charge is 2.38. The quantitative estimate of drug-likeness (QED) is 0.707. The molecule has 0 saturated carbocycles. The predicted octanol–water partition coefficient (Wildman–Crippen LogP) is 4.82. The van der Waals surface area contributed by atoms with Gasteiger partial charge in [0.15, 0.2) is 0 Å². The van der Waals surface area contributed by atoms with Crippen molar-refractivity contribution in [2.24, 2.45) is 0 Å². The highest BCUT2D eigenvalue weighted by Crippen LogP contribution is 2.21. The van der Waals surface area contributed by atoms with E-state index in [-0.39, 0.29) is 0 Å². The zero-order valence-electron chi connectivity index (χ0n) is 15.8. The van der Waals surface area contributed by atoms with E-state index in [1.54, 1.807) is 11.3 Å². The van der Waals surface area contributed by atoms with Crippen LogP contribution in [-0.4, -0.2) is 52.9 Å². The predicted molar refractivity (Wildman–Crippen MR) is 106 cm³/mol. The molecule has 0 aliphatic carbocycles. The monoisotopic (exact) mass is 450 g/mol. The van der Waals surface area contributed by atoms with Crippen LogP contribution in [0.15, 0.2) is 29.6 Å². The standard InChI is InChI=1S/C17H21ClN2OS.C2HF3O2/c1-13-19-15(12-22-13)6-9-20-10-7-17(8-11-20)21-16-4-2-14(18)3-5-16;3-2(4,5)1(6)7/h2-5,12,17H,6-11H2,1H3;(H,6,7). The van der Waals surface area contributed by atoms with Crippen molar-refractivity contribution >= 4 is 28.9 Å². The minimum absolute atomic E-state index is 0.318. The average molecular weight is 451 g/mol. The maximum atomic E-state index is 10.6. The van der Waals surface area contributed by atoms with Crippen molar-refractivity contribution in [3.8, 4) is 5.75 Å². The molecule has 1 fully saturated rings. The molecule has 1 aliphatic heterocycles. The SMILES string of the molecule is Cc1nc(CCN2CCC(Oc3ccc(Cl)cc3)CC2)cs1.O=C(O)C(F)(F)F. The number of ether oxygens (including phenoxy) is 1. The minimum Gasteiger partial charge on any atom is -0.490 e. The lowest BCUT2D eigenvalue weighted by molar-refractivity contribution is -0.192. The molecule has 0 amide bonds. The molecular formula is C19H22ClF3N2O3S. The molecule has 160 valence electrons. The fourth-order valence-electron chi connectivity index (χ4n) is 2.75. The van der Waals surface area contributed by atoms with Crippen LogP contribution in [-0.2, 0) is 11.2 Å². The van der Waals surface area contributed by atoms with E-state index < -0.39 is 12.1 Å². The number of carboxylic acids is 1. The molecular weight excluding hydrogens is 429 g/mol. The Morgan fingerprint density at radius 1 is 1.31 bits per heavy atom. The van der Waals surface area contributed by atoms with Gasteiger partial charge in [0, 0.05) is 36.5 Å². The van der Waals surface area contributed by atoms with Crippen LogP contribution < -0.4 is 4.74 Å². The molecule has 1 aliphatic rings. The Kier molecular flexibility index (Phi) is 8.73. The number of hydrogen-bond acceptors (Lipinski definition) is 5. The average Bonchev–Trinajstić information content (AvgIpc) is 3.08. The highest BCUT2D eigenvalue weighted by atomic mass is 35.5. The number of halogens is 4. The summed E-state index contributed by atoms with van der Waals surface area (Å²) in [7, 11) is 0. The van der Waals surface area contributed by atoms with Crippen molar-refractivity contribution in [3.05, 3.63) is 45.4 Å². The van der Waals surface area contributed by atoms with Crippen molar-refractivity contribution in [3.63, 3.8) is 0 Å². The lowest BCUT2D eigenvalue weighted by atomic mass is 10.1. The molecule has 2 aromatic rings. The number of rotatable bonds is 5. The number of carbonyl (C=O) groups is 1. The molecule has 29 heavy (non-hydrogen) atoms. The summed E-state index contributed by atoms with van der Waals surface area (Å²) in [6, 6.07) is 7.64. The lowest BCUT2D eigenvalue weighted by Crippen LogP contribution is -2.39. The third-order valence-electron chi connectivity index (χ3n) is 4.24. The largest absolute Gasteiger partial charge is 0.490 e. The number of aliphatic carboxylic acids is 1. The molecule has 1 aromatic heterocycles. The van der Waals surface area contributed by atoms with Gasteiger partial charge < -0.3 is 14.7 Å². The molecule has 5 nitrogen and oxygen atoms in total. The number of likely N-dealkylation sites (tertiary alicyclic amines) is 1. The number of nitrogens with zero attached hydrogens (tertiary/aromatic N) is 2. The number of thiazole rings is 1. The normalized spacial score (nSPS) is 15.5. The van der Waals surface area contributed by atoms with Crippen LogP contribution in [0.2, 0.25) is 5.02 Å². The van der Waals surface area contributed by atoms with Gasteiger partial charge in [-0.05, 0) is 44.0 Å². The fourth-order valence-corrected chi connectivity index (χ4v) is 3.53. The van der Waals surface area contributed by atoms with Crippen molar-refractivity contribution in [2.45, 2.75) is 38.5 Å². The molecule has 1 N–H and O–H groups in total. The van der Waals surface area contributed by atoms with E-state index in [1.165, 1.54) is 5.69 Å². The summed E-state index contributed by atoms with van der Waals surface area (Å²) in [5, 5.41) is 11.2. The summed E-state index contributed by atoms with van der Waals surface area (Å²) >= 11 is 7.63. The lowest BCUT2D eigenvalue weighted by Gasteiger charge is -2.32. The van der Waals surface area contributed by atoms with Gasteiger partial charge in [-0.1, -0.05) is 11.6 Å². The molecule has 10 heteroatoms. The third-order valence-corrected chi connectivity index (χ3v) is 5.32. The summed E-state index contributed by atoms with van der Waals surface area (Å²) in [6.07, 6.45) is -1.55. The molecule has 1 saturated heterocycles. The number of hydrogen-bond donors (Lipinski definition) is 1. The van der Waals surface area contributed by atoms with E-state index in [4.69, 9.17) is 26.2 Å². The van der Waals surface area contributed by atoms with Crippen molar-refractivity contribution < 1.29 is 27.8 Å². The topological polar surface area (TPSA) is 62.7 Å². The number of aromatic nitrogens is 1. The number of aryl methyl sites for hydroxylation is 1. The van der Waals surface area contributed by atoms with Crippen molar-refractivity contribution in [2.75, 3.05) is 19.6 Å². The Bertz CT molecular complexity index is 776. The van der Waals surface area contributed by atoms with Crippen LogP contribution in [0.25, 0.3) is 0 Å². The third kappa shape index (κ3) is 8.59. The van der Waals surface area contributed by atoms with Gasteiger partial charge in [-0.2, -0.15) is 13.2 Å². The highest BCUT2D eigenvalue weighted by molar-refractivity contribution is 7.09. The molecule has 0 spiro atoms. The second-order valence-corrected chi connectivity index (χ2v) is 8.02. The second-order valence-electron chi connectivity index (χ2n) is 6.52. The van der Waals surface area contributed by atoms with Gasteiger partial charge in [0.25, 0.3) is 0 Å². The van der Waals surface area contributed by atoms with E-state index in [0.717, 1.165) is 54.7 Å². The number of alkyl halides is 3. The van der Waals surface area contributed by atoms with Crippen molar-refractivity contribution in [1.29, 1.82) is 0 Å². The number of carboxylic acid groups (broad SMARTS) is 1. The van der Waals surface area contributed by atoms with Gasteiger partial charge in [-0.25, -0.2) is 9.78 Å². The zero-order valence-corrected chi connectivity index (χ0v) is 17.4. The van der Waals surface area contributed by atoms with Crippen LogP contribution >= 0.6 is 22.9 Å². The molecule has 0 bridgehead atoms. The van der Waals surface area contributed by atoms with E-state index in [0.29, 0.717) is 6.10 Å². The van der Waals surface area contributed by atoms with Crippen LogP contribution in [0.5, 0.6) is 5.75 Å². The number of benzene rings is 1. The smallest absolute Gasteiger partial charge is 0.490 e. The molecule has 0 atom stereocenters. The maximum Gasteiger partial charge on any atom is 0.490 e. The first-order chi connectivity index (χ1) is 13.6. The van der Waals surface area contributed by atoms with Gasteiger partial charge in [0.1, 0.15) is 11.9 Å². The Morgan fingerprint density at radius 3 is 2.38 bits per heavy atom. The van der Waals surface area contributed by atoms with Crippen molar-refractivity contribution in [1.82, 2.24) is 9.88 Å². The molecule has 0 radical (unpaired) electrons. The first kappa shape index (κ1) is 23.4. The van der Waals surface area contributed by atoms with Gasteiger partial charge in [-0.15, -0.1) is 11.3 Å². The zero-order chi connectivity index (χ0) is 21.4. The molecule has 1 aromatic carbocycles. The minimum atomic E-state index is -5.08. The Balaban J connectivity index is 0.000000370.